The standard InChI is InChI=1S/C12H13N3OS/c1-9(10-5-3-2-4-6-10)7-11(16)14-12-15-13-8-17-12/h2-6,8-9H,7H2,1H3,(H,14,15,16)/t9-/m1/s1. The fourth-order valence-corrected chi connectivity index (χ4v) is 2.04. The Kier molecular flexibility index (Phi) is 3.82. The van der Waals surface area contributed by atoms with Gasteiger partial charge < -0.3 is 5.32 Å². The van der Waals surface area contributed by atoms with Crippen molar-refractivity contribution in [3.05, 3.63) is 41.4 Å². The highest BCUT2D eigenvalue weighted by Gasteiger charge is 2.11. The largest absolute Gasteiger partial charge is 0.301 e. The van der Waals surface area contributed by atoms with Crippen LogP contribution in [0.15, 0.2) is 35.8 Å². The van der Waals surface area contributed by atoms with Crippen molar-refractivity contribution < 1.29 is 4.79 Å². The number of amides is 1. The highest BCUT2D eigenvalue weighted by Crippen LogP contribution is 2.19. The van der Waals surface area contributed by atoms with Gasteiger partial charge in [-0.25, -0.2) is 0 Å². The van der Waals surface area contributed by atoms with Crippen LogP contribution >= 0.6 is 11.3 Å². The molecule has 0 aliphatic heterocycles. The molecule has 0 unspecified atom stereocenters. The van der Waals surface area contributed by atoms with Gasteiger partial charge in [0.2, 0.25) is 11.0 Å². The third-order valence-corrected chi connectivity index (χ3v) is 3.07. The summed E-state index contributed by atoms with van der Waals surface area (Å²) in [6.07, 6.45) is 0.448. The van der Waals surface area contributed by atoms with E-state index in [1.165, 1.54) is 16.9 Å². The zero-order valence-corrected chi connectivity index (χ0v) is 10.3. The molecule has 1 aromatic heterocycles. The summed E-state index contributed by atoms with van der Waals surface area (Å²) in [4.78, 5) is 11.7. The monoisotopic (exact) mass is 247 g/mol. The highest BCUT2D eigenvalue weighted by molar-refractivity contribution is 7.13. The van der Waals surface area contributed by atoms with Crippen molar-refractivity contribution >= 4 is 22.4 Å². The van der Waals surface area contributed by atoms with Gasteiger partial charge in [0.1, 0.15) is 5.51 Å². The number of rotatable bonds is 4. The molecule has 2 aromatic rings. The summed E-state index contributed by atoms with van der Waals surface area (Å²) >= 11 is 1.32. The molecule has 0 bridgehead atoms. The molecule has 1 N–H and O–H groups in total. The van der Waals surface area contributed by atoms with Crippen LogP contribution in [-0.4, -0.2) is 16.1 Å². The summed E-state index contributed by atoms with van der Waals surface area (Å²) in [6, 6.07) is 9.99. The number of nitrogens with zero attached hydrogens (tertiary/aromatic N) is 2. The van der Waals surface area contributed by atoms with E-state index in [1.54, 1.807) is 5.51 Å². The molecule has 0 radical (unpaired) electrons. The molecule has 4 nitrogen and oxygen atoms in total. The lowest BCUT2D eigenvalue weighted by atomic mass is 9.98. The van der Waals surface area contributed by atoms with Gasteiger partial charge in [0, 0.05) is 6.42 Å². The zero-order chi connectivity index (χ0) is 12.1. The predicted octanol–water partition coefficient (Wildman–Crippen LogP) is 2.67. The number of benzene rings is 1. The topological polar surface area (TPSA) is 54.9 Å². The van der Waals surface area contributed by atoms with Gasteiger partial charge >= 0.3 is 0 Å². The van der Waals surface area contributed by atoms with Crippen LogP contribution in [0.2, 0.25) is 0 Å². The van der Waals surface area contributed by atoms with E-state index in [0.717, 1.165) is 0 Å². The van der Waals surface area contributed by atoms with Crippen molar-refractivity contribution in [1.29, 1.82) is 0 Å². The first-order valence-electron chi connectivity index (χ1n) is 5.36. The van der Waals surface area contributed by atoms with E-state index >= 15 is 0 Å². The molecule has 0 fully saturated rings. The van der Waals surface area contributed by atoms with Gasteiger partial charge in [-0.05, 0) is 11.5 Å². The van der Waals surface area contributed by atoms with E-state index in [2.05, 4.69) is 15.5 Å². The third-order valence-electron chi connectivity index (χ3n) is 2.47. The Labute approximate surface area is 104 Å². The maximum Gasteiger partial charge on any atom is 0.226 e. The maximum atomic E-state index is 11.7. The van der Waals surface area contributed by atoms with Crippen molar-refractivity contribution in [3.63, 3.8) is 0 Å². The average Bonchev–Trinajstić information content (AvgIpc) is 2.82. The molecule has 1 aromatic carbocycles. The van der Waals surface area contributed by atoms with Gasteiger partial charge in [0.05, 0.1) is 0 Å². The average molecular weight is 247 g/mol. The molecular formula is C12H13N3OS. The Morgan fingerprint density at radius 3 is 2.82 bits per heavy atom. The lowest BCUT2D eigenvalue weighted by Gasteiger charge is -2.10. The minimum Gasteiger partial charge on any atom is -0.301 e. The molecule has 5 heteroatoms. The van der Waals surface area contributed by atoms with E-state index in [-0.39, 0.29) is 11.8 Å². The Hall–Kier alpha value is -1.75. The van der Waals surface area contributed by atoms with Gasteiger partial charge in [-0.15, -0.1) is 10.2 Å². The maximum absolute atomic E-state index is 11.7. The smallest absolute Gasteiger partial charge is 0.226 e. The quantitative estimate of drug-likeness (QED) is 0.903. The molecule has 88 valence electrons. The molecular weight excluding hydrogens is 234 g/mol. The van der Waals surface area contributed by atoms with Gasteiger partial charge in [0.15, 0.2) is 0 Å². The normalized spacial score (nSPS) is 12.1. The summed E-state index contributed by atoms with van der Waals surface area (Å²) in [5, 5.41) is 10.7. The lowest BCUT2D eigenvalue weighted by molar-refractivity contribution is -0.116. The fourth-order valence-electron chi connectivity index (χ4n) is 1.58. The first-order valence-corrected chi connectivity index (χ1v) is 6.24. The Bertz CT molecular complexity index is 470. The third kappa shape index (κ3) is 3.35. The first-order chi connectivity index (χ1) is 8.25. The summed E-state index contributed by atoms with van der Waals surface area (Å²) in [7, 11) is 0. The van der Waals surface area contributed by atoms with E-state index < -0.39 is 0 Å². The van der Waals surface area contributed by atoms with Crippen LogP contribution in [0, 0.1) is 0 Å². The van der Waals surface area contributed by atoms with Crippen LogP contribution < -0.4 is 5.32 Å². The molecule has 0 saturated carbocycles. The van der Waals surface area contributed by atoms with Gasteiger partial charge in [-0.3, -0.25) is 4.79 Å². The van der Waals surface area contributed by atoms with Crippen molar-refractivity contribution in [2.75, 3.05) is 5.32 Å². The molecule has 17 heavy (non-hydrogen) atoms. The fraction of sp³-hybridized carbons (Fsp3) is 0.250. The number of nitrogens with one attached hydrogen (secondary N) is 1. The van der Waals surface area contributed by atoms with Crippen LogP contribution in [0.4, 0.5) is 5.13 Å². The number of aromatic nitrogens is 2. The molecule has 1 amide bonds. The molecule has 0 aliphatic rings. The molecule has 2 rings (SSSR count). The summed E-state index contributed by atoms with van der Waals surface area (Å²) < 4.78 is 0. The first kappa shape index (κ1) is 11.7. The van der Waals surface area contributed by atoms with Crippen LogP contribution in [-0.2, 0) is 4.79 Å². The van der Waals surface area contributed by atoms with Gasteiger partial charge in [-0.1, -0.05) is 48.6 Å². The van der Waals surface area contributed by atoms with Crippen molar-refractivity contribution in [2.45, 2.75) is 19.3 Å². The minimum atomic E-state index is -0.0295. The summed E-state index contributed by atoms with van der Waals surface area (Å²) in [5.41, 5.74) is 2.76. The van der Waals surface area contributed by atoms with Crippen molar-refractivity contribution in [2.24, 2.45) is 0 Å². The Balaban J connectivity index is 1.91. The predicted molar refractivity (Wildman–Crippen MR) is 68.0 cm³/mol. The van der Waals surface area contributed by atoms with Crippen molar-refractivity contribution in [3.8, 4) is 0 Å². The van der Waals surface area contributed by atoms with Crippen LogP contribution in [0.5, 0.6) is 0 Å². The second kappa shape index (κ2) is 5.54. The number of carbonyl (C=O) groups excluding carboxylic acids is 1. The number of anilines is 1. The molecule has 1 heterocycles. The molecule has 0 spiro atoms. The van der Waals surface area contributed by atoms with Gasteiger partial charge in [0.25, 0.3) is 0 Å². The second-order valence-electron chi connectivity index (χ2n) is 3.81. The second-order valence-corrected chi connectivity index (χ2v) is 4.64. The molecule has 1 atom stereocenters. The zero-order valence-electron chi connectivity index (χ0n) is 9.46. The van der Waals surface area contributed by atoms with E-state index in [9.17, 15) is 4.79 Å². The Morgan fingerprint density at radius 1 is 1.41 bits per heavy atom. The lowest BCUT2D eigenvalue weighted by Crippen LogP contribution is -2.14. The van der Waals surface area contributed by atoms with Crippen LogP contribution in [0.25, 0.3) is 0 Å². The summed E-state index contributed by atoms with van der Waals surface area (Å²) in [6.45, 7) is 2.04. The van der Waals surface area contributed by atoms with E-state index in [0.29, 0.717) is 11.6 Å². The summed E-state index contributed by atoms with van der Waals surface area (Å²) in [5.74, 6) is 0.169. The van der Waals surface area contributed by atoms with Crippen LogP contribution in [0.1, 0.15) is 24.8 Å². The molecule has 0 saturated heterocycles. The van der Waals surface area contributed by atoms with E-state index in [1.807, 2.05) is 37.3 Å². The molecule has 0 aliphatic carbocycles. The highest BCUT2D eigenvalue weighted by atomic mass is 32.1. The number of hydrogen-bond acceptors (Lipinski definition) is 4. The van der Waals surface area contributed by atoms with Gasteiger partial charge in [-0.2, -0.15) is 0 Å². The van der Waals surface area contributed by atoms with E-state index in [4.69, 9.17) is 0 Å². The van der Waals surface area contributed by atoms with Crippen molar-refractivity contribution in [1.82, 2.24) is 10.2 Å². The minimum absolute atomic E-state index is 0.0295. The SMILES string of the molecule is C[C@H](CC(=O)Nc1nncs1)c1ccccc1. The number of carbonyl (C=O) groups is 1. The van der Waals surface area contributed by atoms with Crippen LogP contribution in [0.3, 0.4) is 0 Å². The number of hydrogen-bond donors (Lipinski definition) is 1. The Morgan fingerprint density at radius 2 is 2.18 bits per heavy atom.